The molecular formula is C18H24Cl2N2O4S. The third-order valence-corrected chi connectivity index (χ3v) is 7.56. The van der Waals surface area contributed by atoms with Crippen molar-refractivity contribution in [2.75, 3.05) is 26.2 Å². The van der Waals surface area contributed by atoms with Crippen molar-refractivity contribution in [3.8, 4) is 0 Å². The maximum Gasteiger partial charge on any atom is 0.224 e. The number of benzene rings is 1. The van der Waals surface area contributed by atoms with Crippen molar-refractivity contribution < 1.29 is 17.9 Å². The van der Waals surface area contributed by atoms with Crippen molar-refractivity contribution in [2.24, 2.45) is 5.92 Å². The van der Waals surface area contributed by atoms with Crippen molar-refractivity contribution >= 4 is 39.1 Å². The van der Waals surface area contributed by atoms with Crippen LogP contribution in [0.3, 0.4) is 0 Å². The molecule has 9 heteroatoms. The van der Waals surface area contributed by atoms with Gasteiger partial charge in [0.25, 0.3) is 0 Å². The molecule has 2 unspecified atom stereocenters. The fraction of sp³-hybridized carbons (Fsp3) is 0.611. The van der Waals surface area contributed by atoms with Gasteiger partial charge in [-0.05, 0) is 43.4 Å². The van der Waals surface area contributed by atoms with Gasteiger partial charge in [0.05, 0.1) is 27.8 Å². The minimum atomic E-state index is -3.54. The number of carbonyl (C=O) groups is 1. The fourth-order valence-electron chi connectivity index (χ4n) is 3.50. The molecule has 2 fully saturated rings. The summed E-state index contributed by atoms with van der Waals surface area (Å²) < 4.78 is 32.5. The molecular weight excluding hydrogens is 411 g/mol. The highest BCUT2D eigenvalue weighted by atomic mass is 35.5. The maximum absolute atomic E-state index is 12.8. The Morgan fingerprint density at radius 1 is 1.22 bits per heavy atom. The zero-order chi connectivity index (χ0) is 19.4. The van der Waals surface area contributed by atoms with Gasteiger partial charge in [-0.1, -0.05) is 29.3 Å². The van der Waals surface area contributed by atoms with Crippen LogP contribution >= 0.6 is 23.2 Å². The Kier molecular flexibility index (Phi) is 7.03. The number of amides is 1. The van der Waals surface area contributed by atoms with Gasteiger partial charge in [-0.15, -0.1) is 0 Å². The summed E-state index contributed by atoms with van der Waals surface area (Å²) in [7, 11) is -3.54. The molecule has 6 nitrogen and oxygen atoms in total. The van der Waals surface area contributed by atoms with Gasteiger partial charge in [0.1, 0.15) is 0 Å². The Morgan fingerprint density at radius 2 is 2.04 bits per heavy atom. The highest BCUT2D eigenvalue weighted by Crippen LogP contribution is 2.26. The van der Waals surface area contributed by atoms with Crippen LogP contribution in [0.1, 0.15) is 31.2 Å². The number of sulfonamides is 1. The minimum Gasteiger partial charge on any atom is -0.376 e. The zero-order valence-corrected chi connectivity index (χ0v) is 17.3. The van der Waals surface area contributed by atoms with E-state index in [0.717, 1.165) is 19.4 Å². The number of nitrogens with zero attached hydrogens (tertiary/aromatic N) is 1. The maximum atomic E-state index is 12.8. The third kappa shape index (κ3) is 5.57. The molecule has 0 radical (unpaired) electrons. The molecule has 2 saturated heterocycles. The number of halogens is 2. The first-order valence-corrected chi connectivity index (χ1v) is 11.5. The normalized spacial score (nSPS) is 24.1. The van der Waals surface area contributed by atoms with Gasteiger partial charge < -0.3 is 10.1 Å². The highest BCUT2D eigenvalue weighted by molar-refractivity contribution is 7.88. The highest BCUT2D eigenvalue weighted by Gasteiger charge is 2.32. The molecule has 0 bridgehead atoms. The van der Waals surface area contributed by atoms with Crippen LogP contribution in [0.5, 0.6) is 0 Å². The summed E-state index contributed by atoms with van der Waals surface area (Å²) in [6, 6.07) is 4.81. The lowest BCUT2D eigenvalue weighted by Crippen LogP contribution is -2.46. The van der Waals surface area contributed by atoms with E-state index < -0.39 is 10.0 Å². The Labute approximate surface area is 170 Å². The molecule has 2 heterocycles. The van der Waals surface area contributed by atoms with E-state index in [1.807, 2.05) is 0 Å². The van der Waals surface area contributed by atoms with E-state index in [9.17, 15) is 13.2 Å². The molecule has 1 amide bonds. The fourth-order valence-corrected chi connectivity index (χ4v) is 5.42. The molecule has 0 saturated carbocycles. The predicted molar refractivity (Wildman–Crippen MR) is 105 cm³/mol. The van der Waals surface area contributed by atoms with Crippen molar-refractivity contribution in [2.45, 2.75) is 37.5 Å². The molecule has 27 heavy (non-hydrogen) atoms. The van der Waals surface area contributed by atoms with E-state index in [-0.39, 0.29) is 30.2 Å². The lowest BCUT2D eigenvalue weighted by Gasteiger charge is -2.31. The van der Waals surface area contributed by atoms with E-state index in [1.54, 1.807) is 18.2 Å². The first-order chi connectivity index (χ1) is 12.8. The number of hydrogen-bond donors (Lipinski definition) is 1. The molecule has 1 N–H and O–H groups in total. The number of ether oxygens (including phenoxy) is 1. The quantitative estimate of drug-likeness (QED) is 0.746. The zero-order valence-electron chi connectivity index (χ0n) is 15.0. The first-order valence-electron chi connectivity index (χ1n) is 9.16. The average molecular weight is 435 g/mol. The topological polar surface area (TPSA) is 75.7 Å². The number of carbonyl (C=O) groups excluding carboxylic acids is 1. The molecule has 3 rings (SSSR count). The summed E-state index contributed by atoms with van der Waals surface area (Å²) >= 11 is 11.9. The van der Waals surface area contributed by atoms with Crippen molar-refractivity contribution in [1.82, 2.24) is 9.62 Å². The van der Waals surface area contributed by atoms with Gasteiger partial charge in [0.2, 0.25) is 15.9 Å². The lowest BCUT2D eigenvalue weighted by molar-refractivity contribution is -0.126. The standard InChI is InChI=1S/C18H24Cl2N2O4S/c19-16-6-5-13(9-17(16)20)12-27(24,25)22-7-1-3-14(11-22)18(23)21-10-15-4-2-8-26-15/h5-6,9,14-15H,1-4,7-8,10-12H2,(H,21,23). The molecule has 2 aliphatic heterocycles. The lowest BCUT2D eigenvalue weighted by atomic mass is 9.99. The first kappa shape index (κ1) is 20.9. The number of hydrogen-bond acceptors (Lipinski definition) is 4. The summed E-state index contributed by atoms with van der Waals surface area (Å²) in [5.41, 5.74) is 0.578. The second-order valence-corrected chi connectivity index (χ2v) is 9.87. The summed E-state index contributed by atoms with van der Waals surface area (Å²) in [6.07, 6.45) is 3.40. The molecule has 0 aliphatic carbocycles. The smallest absolute Gasteiger partial charge is 0.224 e. The van der Waals surface area contributed by atoms with E-state index >= 15 is 0 Å². The number of rotatable bonds is 6. The summed E-state index contributed by atoms with van der Waals surface area (Å²) in [6.45, 7) is 1.87. The van der Waals surface area contributed by atoms with Crippen LogP contribution in [0.15, 0.2) is 18.2 Å². The van der Waals surface area contributed by atoms with Crippen LogP contribution in [0.2, 0.25) is 10.0 Å². The minimum absolute atomic E-state index is 0.0760. The van der Waals surface area contributed by atoms with Crippen LogP contribution in [0, 0.1) is 5.92 Å². The van der Waals surface area contributed by atoms with Gasteiger partial charge in [0, 0.05) is 26.2 Å². The monoisotopic (exact) mass is 434 g/mol. The van der Waals surface area contributed by atoms with Crippen LogP contribution in [-0.4, -0.2) is 51.0 Å². The molecule has 2 aliphatic rings. The summed E-state index contributed by atoms with van der Waals surface area (Å²) in [5.74, 6) is -0.586. The van der Waals surface area contributed by atoms with Crippen LogP contribution < -0.4 is 5.32 Å². The van der Waals surface area contributed by atoms with Gasteiger partial charge in [-0.3, -0.25) is 4.79 Å². The van der Waals surface area contributed by atoms with Gasteiger partial charge >= 0.3 is 0 Å². The molecule has 1 aromatic carbocycles. The van der Waals surface area contributed by atoms with E-state index in [2.05, 4.69) is 5.32 Å². The molecule has 150 valence electrons. The molecule has 2 atom stereocenters. The second-order valence-electron chi connectivity index (χ2n) is 7.08. The Morgan fingerprint density at radius 3 is 2.74 bits per heavy atom. The van der Waals surface area contributed by atoms with Crippen LogP contribution in [-0.2, 0) is 25.3 Å². The third-order valence-electron chi connectivity index (χ3n) is 5.01. The van der Waals surface area contributed by atoms with Crippen molar-refractivity contribution in [3.05, 3.63) is 33.8 Å². The van der Waals surface area contributed by atoms with Gasteiger partial charge in [-0.2, -0.15) is 0 Å². The summed E-state index contributed by atoms with van der Waals surface area (Å²) in [4.78, 5) is 12.4. The summed E-state index contributed by atoms with van der Waals surface area (Å²) in [5, 5.41) is 3.63. The Bertz CT molecular complexity index is 782. The average Bonchev–Trinajstić information content (AvgIpc) is 3.16. The van der Waals surface area contributed by atoms with Gasteiger partial charge in [0.15, 0.2) is 0 Å². The van der Waals surface area contributed by atoms with E-state index in [0.29, 0.717) is 41.5 Å². The molecule has 0 aromatic heterocycles. The van der Waals surface area contributed by atoms with Crippen molar-refractivity contribution in [1.29, 1.82) is 0 Å². The Hall–Kier alpha value is -0.860. The van der Waals surface area contributed by atoms with E-state index in [1.165, 1.54) is 4.31 Å². The van der Waals surface area contributed by atoms with Crippen LogP contribution in [0.25, 0.3) is 0 Å². The van der Waals surface area contributed by atoms with Gasteiger partial charge in [-0.25, -0.2) is 12.7 Å². The molecule has 1 aromatic rings. The Balaban J connectivity index is 1.58. The largest absolute Gasteiger partial charge is 0.376 e. The van der Waals surface area contributed by atoms with E-state index in [4.69, 9.17) is 27.9 Å². The van der Waals surface area contributed by atoms with Crippen LogP contribution in [0.4, 0.5) is 0 Å². The second kappa shape index (κ2) is 9.09. The molecule has 0 spiro atoms. The number of nitrogens with one attached hydrogen (secondary N) is 1. The SMILES string of the molecule is O=C(NCC1CCCO1)C1CCCN(S(=O)(=O)Cc2ccc(Cl)c(Cl)c2)C1. The number of piperidine rings is 1. The predicted octanol–water partition coefficient (Wildman–Crippen LogP) is 2.83. The van der Waals surface area contributed by atoms with Crippen molar-refractivity contribution in [3.63, 3.8) is 0 Å².